The summed E-state index contributed by atoms with van der Waals surface area (Å²) >= 11 is 1.03. The molecule has 1 amide bonds. The highest BCUT2D eigenvalue weighted by Crippen LogP contribution is 2.43. The van der Waals surface area contributed by atoms with Crippen LogP contribution in [0.5, 0.6) is 5.75 Å². The number of carbonyl (C=O) groups is 2. The van der Waals surface area contributed by atoms with Gasteiger partial charge < -0.3 is 13.9 Å². The smallest absolute Gasteiger partial charge is 0.350 e. The van der Waals surface area contributed by atoms with Gasteiger partial charge in [0.05, 0.1) is 29.3 Å². The van der Waals surface area contributed by atoms with E-state index in [-0.39, 0.29) is 33.4 Å². The summed E-state index contributed by atoms with van der Waals surface area (Å²) in [5, 5.41) is 0.666. The molecule has 0 spiro atoms. The predicted molar refractivity (Wildman–Crippen MR) is 150 cm³/mol. The van der Waals surface area contributed by atoms with Crippen molar-refractivity contribution < 1.29 is 23.5 Å². The number of amides is 1. The third-order valence-corrected chi connectivity index (χ3v) is 7.63. The van der Waals surface area contributed by atoms with Crippen LogP contribution in [-0.4, -0.2) is 30.1 Å². The molecule has 39 heavy (non-hydrogen) atoms. The Hall–Kier alpha value is -4.24. The topological polar surface area (TPSA) is 98.9 Å². The van der Waals surface area contributed by atoms with Gasteiger partial charge in [-0.2, -0.15) is 0 Å². The molecule has 2 aromatic carbocycles. The maximum atomic E-state index is 13.9. The first-order valence-corrected chi connectivity index (χ1v) is 13.5. The van der Waals surface area contributed by atoms with Gasteiger partial charge in [-0.25, -0.2) is 9.78 Å². The van der Waals surface area contributed by atoms with E-state index < -0.39 is 17.9 Å². The molecule has 0 bridgehead atoms. The second-order valence-corrected chi connectivity index (χ2v) is 10.3. The lowest BCUT2D eigenvalue weighted by atomic mass is 9.98. The van der Waals surface area contributed by atoms with Crippen LogP contribution < -0.4 is 15.1 Å². The monoisotopic (exact) mass is 544 g/mol. The molecule has 1 aliphatic rings. The minimum Gasteiger partial charge on any atom is -0.494 e. The molecule has 1 aliphatic heterocycles. The molecule has 5 rings (SSSR count). The third-order valence-electron chi connectivity index (χ3n) is 6.50. The minimum absolute atomic E-state index is 0.0340. The van der Waals surface area contributed by atoms with E-state index in [0.29, 0.717) is 34.6 Å². The lowest BCUT2D eigenvalue weighted by Crippen LogP contribution is -2.29. The summed E-state index contributed by atoms with van der Waals surface area (Å²) in [5.41, 5.74) is 2.31. The molecular weight excluding hydrogens is 516 g/mol. The maximum absolute atomic E-state index is 13.9. The Bertz CT molecular complexity index is 1640. The van der Waals surface area contributed by atoms with E-state index in [1.165, 1.54) is 11.0 Å². The van der Waals surface area contributed by atoms with Crippen LogP contribution in [0.1, 0.15) is 68.4 Å². The Morgan fingerprint density at radius 3 is 2.67 bits per heavy atom. The van der Waals surface area contributed by atoms with Gasteiger partial charge in [0.2, 0.25) is 5.76 Å². The number of anilines is 1. The molecule has 0 N–H and O–H groups in total. The summed E-state index contributed by atoms with van der Waals surface area (Å²) in [6.45, 7) is 9.89. The average Bonchev–Trinajstić information content (AvgIpc) is 3.45. The number of fused-ring (bicyclic) bond motifs is 2. The summed E-state index contributed by atoms with van der Waals surface area (Å²) in [4.78, 5) is 46.6. The zero-order valence-electron chi connectivity index (χ0n) is 22.0. The van der Waals surface area contributed by atoms with Crippen molar-refractivity contribution in [2.45, 2.75) is 39.7 Å². The van der Waals surface area contributed by atoms with Crippen LogP contribution in [0.4, 0.5) is 5.13 Å². The first-order chi connectivity index (χ1) is 18.8. The fraction of sp³-hybridized carbons (Fsp3) is 0.267. The molecule has 2 aromatic heterocycles. The van der Waals surface area contributed by atoms with Gasteiger partial charge in [0, 0.05) is 0 Å². The number of hydrogen-bond donors (Lipinski definition) is 0. The Morgan fingerprint density at radius 1 is 1.18 bits per heavy atom. The molecule has 0 saturated carbocycles. The molecule has 200 valence electrons. The summed E-state index contributed by atoms with van der Waals surface area (Å²) in [7, 11) is 0. The maximum Gasteiger partial charge on any atom is 0.350 e. The first-order valence-electron chi connectivity index (χ1n) is 12.7. The molecule has 0 fully saturated rings. The van der Waals surface area contributed by atoms with Crippen molar-refractivity contribution in [2.24, 2.45) is 0 Å². The number of unbranched alkanes of at least 4 members (excludes halogenated alkanes) is 1. The summed E-state index contributed by atoms with van der Waals surface area (Å²) in [6.07, 6.45) is 3.44. The Balaban J connectivity index is 1.64. The second kappa shape index (κ2) is 10.9. The Morgan fingerprint density at radius 2 is 1.95 bits per heavy atom. The van der Waals surface area contributed by atoms with E-state index in [4.69, 9.17) is 13.9 Å². The molecule has 1 unspecified atom stereocenters. The number of benzene rings is 2. The molecule has 3 heterocycles. The second-order valence-electron chi connectivity index (χ2n) is 9.32. The van der Waals surface area contributed by atoms with E-state index in [1.54, 1.807) is 19.1 Å². The van der Waals surface area contributed by atoms with Gasteiger partial charge in [0.15, 0.2) is 10.6 Å². The highest BCUT2D eigenvalue weighted by Gasteiger charge is 2.45. The van der Waals surface area contributed by atoms with E-state index in [2.05, 4.69) is 18.5 Å². The Labute approximate surface area is 229 Å². The van der Waals surface area contributed by atoms with Gasteiger partial charge in [-0.3, -0.25) is 14.5 Å². The highest BCUT2D eigenvalue weighted by molar-refractivity contribution is 7.17. The summed E-state index contributed by atoms with van der Waals surface area (Å²) in [5.74, 6) is -0.395. The largest absolute Gasteiger partial charge is 0.494 e. The number of esters is 1. The number of carbonyl (C=O) groups excluding carboxylic acids is 2. The molecular formula is C30H28N2O6S. The average molecular weight is 545 g/mol. The molecule has 0 radical (unpaired) electrons. The van der Waals surface area contributed by atoms with Crippen molar-refractivity contribution in [3.8, 4) is 5.75 Å². The minimum atomic E-state index is -0.805. The molecule has 1 atom stereocenters. The Kier molecular flexibility index (Phi) is 7.34. The van der Waals surface area contributed by atoms with Crippen LogP contribution in [0.25, 0.3) is 11.0 Å². The van der Waals surface area contributed by atoms with E-state index in [1.807, 2.05) is 37.3 Å². The van der Waals surface area contributed by atoms with Crippen LogP contribution in [-0.2, 0) is 4.74 Å². The quantitative estimate of drug-likeness (QED) is 0.142. The molecule has 0 aliphatic carbocycles. The molecule has 8 nitrogen and oxygen atoms in total. The number of ether oxygens (including phenoxy) is 2. The van der Waals surface area contributed by atoms with Crippen molar-refractivity contribution in [3.63, 3.8) is 0 Å². The summed E-state index contributed by atoms with van der Waals surface area (Å²) < 4.78 is 17.0. The number of aryl methyl sites for hydroxylation is 2. The predicted octanol–water partition coefficient (Wildman–Crippen LogP) is 6.14. The van der Waals surface area contributed by atoms with Gasteiger partial charge in [-0.1, -0.05) is 61.1 Å². The van der Waals surface area contributed by atoms with Gasteiger partial charge in [-0.15, -0.1) is 0 Å². The molecule has 0 saturated heterocycles. The summed E-state index contributed by atoms with van der Waals surface area (Å²) in [6, 6.07) is 11.8. The van der Waals surface area contributed by atoms with E-state index in [0.717, 1.165) is 29.7 Å². The van der Waals surface area contributed by atoms with Crippen molar-refractivity contribution in [3.05, 3.63) is 98.4 Å². The van der Waals surface area contributed by atoms with Crippen LogP contribution in [0.15, 0.2) is 64.3 Å². The van der Waals surface area contributed by atoms with Crippen molar-refractivity contribution in [1.29, 1.82) is 0 Å². The zero-order chi connectivity index (χ0) is 27.7. The van der Waals surface area contributed by atoms with Crippen LogP contribution in [0, 0.1) is 13.8 Å². The van der Waals surface area contributed by atoms with Gasteiger partial charge in [0.1, 0.15) is 22.8 Å². The van der Waals surface area contributed by atoms with Crippen LogP contribution >= 0.6 is 11.3 Å². The lowest BCUT2D eigenvalue weighted by molar-refractivity contribution is 0.0554. The van der Waals surface area contributed by atoms with Crippen molar-refractivity contribution in [1.82, 2.24) is 4.98 Å². The lowest BCUT2D eigenvalue weighted by Gasteiger charge is -2.22. The number of nitrogens with zero attached hydrogens (tertiary/aromatic N) is 2. The highest BCUT2D eigenvalue weighted by atomic mass is 32.1. The number of thiazole rings is 1. The molecule has 4 aromatic rings. The van der Waals surface area contributed by atoms with Gasteiger partial charge in [-0.05, 0) is 50.1 Å². The molecule has 9 heteroatoms. The van der Waals surface area contributed by atoms with Crippen molar-refractivity contribution >= 4 is 39.3 Å². The van der Waals surface area contributed by atoms with E-state index >= 15 is 0 Å². The number of hydrogen-bond acceptors (Lipinski definition) is 8. The van der Waals surface area contributed by atoms with Gasteiger partial charge in [0.25, 0.3) is 5.91 Å². The van der Waals surface area contributed by atoms with E-state index in [9.17, 15) is 14.4 Å². The number of rotatable bonds is 9. The van der Waals surface area contributed by atoms with Gasteiger partial charge >= 0.3 is 5.97 Å². The fourth-order valence-corrected chi connectivity index (χ4v) is 5.54. The van der Waals surface area contributed by atoms with Crippen LogP contribution in [0.2, 0.25) is 0 Å². The van der Waals surface area contributed by atoms with Crippen molar-refractivity contribution in [2.75, 3.05) is 18.1 Å². The zero-order valence-corrected chi connectivity index (χ0v) is 22.8. The fourth-order valence-electron chi connectivity index (χ4n) is 4.55. The first kappa shape index (κ1) is 26.4. The SMILES string of the molecule is C=CCOC(=O)c1sc(N2C(=O)c3oc4ccc(C)cc4c(=O)c3C2c2ccc(OCCCC)cc2)nc1C. The third kappa shape index (κ3) is 4.85. The van der Waals surface area contributed by atoms with Crippen LogP contribution in [0.3, 0.4) is 0 Å². The number of aromatic nitrogens is 1. The standard InChI is InChI=1S/C30H28N2O6S/c1-5-7-15-36-20-11-9-19(10-12-20)24-23-25(33)21-16-17(3)8-13-22(21)38-26(23)28(34)32(24)30-31-18(4)27(39-30)29(35)37-14-6-2/h6,8-13,16,24H,2,5,7,14-15H2,1,3-4H3. The normalized spacial score (nSPS) is 14.5.